The number of fused-ring (bicyclic) bond motifs is 1. The van der Waals surface area contributed by atoms with Crippen molar-refractivity contribution in [1.82, 2.24) is 4.98 Å². The van der Waals surface area contributed by atoms with Crippen LogP contribution in [0.4, 0.5) is 0 Å². The predicted molar refractivity (Wildman–Crippen MR) is 49.2 cm³/mol. The maximum Gasteiger partial charge on any atom is 0.0999 e. The molecule has 1 heterocycles. The van der Waals surface area contributed by atoms with Gasteiger partial charge < -0.3 is 5.11 Å². The quantitative estimate of drug-likeness (QED) is 0.723. The fourth-order valence-corrected chi connectivity index (χ4v) is 2.66. The van der Waals surface area contributed by atoms with Gasteiger partial charge in [-0.15, -0.1) is 11.3 Å². The van der Waals surface area contributed by atoms with E-state index in [1.807, 2.05) is 5.51 Å². The van der Waals surface area contributed by atoms with E-state index in [0.29, 0.717) is 5.92 Å². The number of aliphatic hydroxyl groups is 1. The molecular weight excluding hydrogens is 170 g/mol. The second-order valence-electron chi connectivity index (χ2n) is 3.31. The molecule has 3 heteroatoms. The number of aromatic nitrogens is 1. The minimum Gasteiger partial charge on any atom is -0.386 e. The van der Waals surface area contributed by atoms with E-state index in [4.69, 9.17) is 0 Å². The van der Waals surface area contributed by atoms with Crippen molar-refractivity contribution in [3.8, 4) is 0 Å². The SMILES string of the molecule is CCC1CCc2scnc2C1O. The Hall–Kier alpha value is -0.410. The predicted octanol–water partition coefficient (Wildman–Crippen LogP) is 2.15. The average Bonchev–Trinajstić information content (AvgIpc) is 2.53. The molecule has 0 spiro atoms. The molecule has 1 aliphatic rings. The Morgan fingerprint density at radius 1 is 1.75 bits per heavy atom. The highest BCUT2D eigenvalue weighted by atomic mass is 32.1. The molecule has 2 nitrogen and oxygen atoms in total. The summed E-state index contributed by atoms with van der Waals surface area (Å²) in [5.41, 5.74) is 2.78. The summed E-state index contributed by atoms with van der Waals surface area (Å²) in [5.74, 6) is 0.430. The Labute approximate surface area is 76.3 Å². The number of rotatable bonds is 1. The van der Waals surface area contributed by atoms with Gasteiger partial charge >= 0.3 is 0 Å². The third kappa shape index (κ3) is 1.17. The second kappa shape index (κ2) is 3.15. The molecule has 1 aromatic heterocycles. The first-order chi connectivity index (χ1) is 5.83. The van der Waals surface area contributed by atoms with E-state index in [1.165, 1.54) is 4.88 Å². The molecule has 1 aromatic rings. The van der Waals surface area contributed by atoms with Crippen molar-refractivity contribution >= 4 is 11.3 Å². The van der Waals surface area contributed by atoms with Gasteiger partial charge in [0.05, 0.1) is 17.3 Å². The third-order valence-electron chi connectivity index (χ3n) is 2.67. The largest absolute Gasteiger partial charge is 0.386 e. The van der Waals surface area contributed by atoms with Crippen molar-refractivity contribution < 1.29 is 5.11 Å². The van der Waals surface area contributed by atoms with Crippen LogP contribution in [-0.2, 0) is 6.42 Å². The van der Waals surface area contributed by atoms with Crippen molar-refractivity contribution in [2.45, 2.75) is 32.3 Å². The van der Waals surface area contributed by atoms with Crippen molar-refractivity contribution in [1.29, 1.82) is 0 Å². The summed E-state index contributed by atoms with van der Waals surface area (Å²) in [6.45, 7) is 2.13. The zero-order chi connectivity index (χ0) is 8.55. The van der Waals surface area contributed by atoms with Gasteiger partial charge in [0.1, 0.15) is 0 Å². The van der Waals surface area contributed by atoms with Gasteiger partial charge in [-0.05, 0) is 18.8 Å². The van der Waals surface area contributed by atoms with Crippen LogP contribution in [0.25, 0.3) is 0 Å². The fourth-order valence-electron chi connectivity index (χ4n) is 1.83. The van der Waals surface area contributed by atoms with Gasteiger partial charge in [-0.3, -0.25) is 0 Å². The standard InChI is InChI=1S/C9H13NOS/c1-2-6-3-4-7-8(9(6)11)10-5-12-7/h5-6,9,11H,2-4H2,1H3. The van der Waals surface area contributed by atoms with Crippen molar-refractivity contribution in [3.05, 3.63) is 16.1 Å². The molecule has 0 amide bonds. The van der Waals surface area contributed by atoms with Gasteiger partial charge in [0.25, 0.3) is 0 Å². The summed E-state index contributed by atoms with van der Waals surface area (Å²) in [6.07, 6.45) is 2.98. The molecule has 1 N–H and O–H groups in total. The highest BCUT2D eigenvalue weighted by Crippen LogP contribution is 2.36. The molecule has 2 rings (SSSR count). The molecule has 0 bridgehead atoms. The minimum absolute atomic E-state index is 0.301. The molecule has 0 saturated carbocycles. The number of aryl methyl sites for hydroxylation is 1. The van der Waals surface area contributed by atoms with E-state index in [0.717, 1.165) is 25.0 Å². The zero-order valence-electron chi connectivity index (χ0n) is 7.16. The lowest BCUT2D eigenvalue weighted by molar-refractivity contribution is 0.0884. The highest BCUT2D eigenvalue weighted by Gasteiger charge is 2.28. The van der Waals surface area contributed by atoms with Gasteiger partial charge in [-0.2, -0.15) is 0 Å². The van der Waals surface area contributed by atoms with Gasteiger partial charge in [-0.25, -0.2) is 4.98 Å². The topological polar surface area (TPSA) is 33.1 Å². The maximum atomic E-state index is 9.85. The number of nitrogens with zero attached hydrogens (tertiary/aromatic N) is 1. The molecule has 66 valence electrons. The molecule has 0 saturated heterocycles. The van der Waals surface area contributed by atoms with Gasteiger partial charge in [-0.1, -0.05) is 13.3 Å². The zero-order valence-corrected chi connectivity index (χ0v) is 7.97. The Bertz CT molecular complexity index is 271. The number of hydrogen-bond acceptors (Lipinski definition) is 3. The van der Waals surface area contributed by atoms with Gasteiger partial charge in [0, 0.05) is 4.88 Å². The molecule has 0 radical (unpaired) electrons. The molecular formula is C9H13NOS. The lowest BCUT2D eigenvalue weighted by atomic mass is 9.86. The average molecular weight is 183 g/mol. The molecule has 0 aromatic carbocycles. The summed E-state index contributed by atoms with van der Waals surface area (Å²) in [5, 5.41) is 9.85. The fraction of sp³-hybridized carbons (Fsp3) is 0.667. The number of hydrogen-bond donors (Lipinski definition) is 1. The second-order valence-corrected chi connectivity index (χ2v) is 4.25. The maximum absolute atomic E-state index is 9.85. The van der Waals surface area contributed by atoms with Crippen molar-refractivity contribution in [3.63, 3.8) is 0 Å². The van der Waals surface area contributed by atoms with E-state index in [1.54, 1.807) is 11.3 Å². The van der Waals surface area contributed by atoms with Gasteiger partial charge in [0.15, 0.2) is 0 Å². The first-order valence-corrected chi connectivity index (χ1v) is 5.31. The first kappa shape index (κ1) is 8.20. The summed E-state index contributed by atoms with van der Waals surface area (Å²) in [6, 6.07) is 0. The molecule has 12 heavy (non-hydrogen) atoms. The smallest absolute Gasteiger partial charge is 0.0999 e. The van der Waals surface area contributed by atoms with E-state index in [9.17, 15) is 5.11 Å². The summed E-state index contributed by atoms with van der Waals surface area (Å²) >= 11 is 1.67. The lowest BCUT2D eigenvalue weighted by Crippen LogP contribution is -2.19. The molecule has 2 atom stereocenters. The van der Waals surface area contributed by atoms with E-state index in [2.05, 4.69) is 11.9 Å². The summed E-state index contributed by atoms with van der Waals surface area (Å²) < 4.78 is 0. The number of aliphatic hydroxyl groups excluding tert-OH is 1. The van der Waals surface area contributed by atoms with E-state index < -0.39 is 0 Å². The van der Waals surface area contributed by atoms with Crippen LogP contribution < -0.4 is 0 Å². The van der Waals surface area contributed by atoms with Crippen LogP contribution in [0.1, 0.15) is 36.4 Å². The monoisotopic (exact) mass is 183 g/mol. The summed E-state index contributed by atoms with van der Waals surface area (Å²) in [4.78, 5) is 5.49. The van der Waals surface area contributed by atoms with Crippen LogP contribution >= 0.6 is 11.3 Å². The van der Waals surface area contributed by atoms with Crippen LogP contribution in [0.3, 0.4) is 0 Å². The minimum atomic E-state index is -0.301. The van der Waals surface area contributed by atoms with E-state index >= 15 is 0 Å². The van der Waals surface area contributed by atoms with Crippen LogP contribution in [0, 0.1) is 5.92 Å². The normalized spacial score (nSPS) is 28.5. The molecule has 2 unspecified atom stereocenters. The Morgan fingerprint density at radius 3 is 3.33 bits per heavy atom. The molecule has 0 fully saturated rings. The summed E-state index contributed by atoms with van der Waals surface area (Å²) in [7, 11) is 0. The van der Waals surface area contributed by atoms with Crippen molar-refractivity contribution in [2.75, 3.05) is 0 Å². The van der Waals surface area contributed by atoms with Gasteiger partial charge in [0.2, 0.25) is 0 Å². The van der Waals surface area contributed by atoms with Crippen LogP contribution in [-0.4, -0.2) is 10.1 Å². The molecule has 0 aliphatic heterocycles. The van der Waals surface area contributed by atoms with E-state index in [-0.39, 0.29) is 6.10 Å². The van der Waals surface area contributed by atoms with Crippen LogP contribution in [0.5, 0.6) is 0 Å². The Morgan fingerprint density at radius 2 is 2.58 bits per heavy atom. The first-order valence-electron chi connectivity index (χ1n) is 4.43. The third-order valence-corrected chi connectivity index (χ3v) is 3.57. The molecule has 1 aliphatic carbocycles. The van der Waals surface area contributed by atoms with Crippen LogP contribution in [0.15, 0.2) is 5.51 Å². The lowest BCUT2D eigenvalue weighted by Gasteiger charge is -2.25. The van der Waals surface area contributed by atoms with Crippen LogP contribution in [0.2, 0.25) is 0 Å². The number of thiazole rings is 1. The Kier molecular flexibility index (Phi) is 2.15. The Balaban J connectivity index is 2.29. The highest BCUT2D eigenvalue weighted by molar-refractivity contribution is 7.09. The van der Waals surface area contributed by atoms with Crippen molar-refractivity contribution in [2.24, 2.45) is 5.92 Å².